The predicted molar refractivity (Wildman–Crippen MR) is 69.0 cm³/mol. The van der Waals surface area contributed by atoms with Gasteiger partial charge in [0.15, 0.2) is 6.61 Å². The number of likely N-dealkylation sites (tertiary alicyclic amines) is 1. The molecule has 1 N–H and O–H groups in total. The summed E-state index contributed by atoms with van der Waals surface area (Å²) in [6.07, 6.45) is 1.15. The van der Waals surface area contributed by atoms with Crippen molar-refractivity contribution in [2.75, 3.05) is 13.2 Å². The lowest BCUT2D eigenvalue weighted by atomic mass is 10.2. The van der Waals surface area contributed by atoms with Crippen LogP contribution in [0.4, 0.5) is 0 Å². The van der Waals surface area contributed by atoms with Gasteiger partial charge in [0.05, 0.1) is 5.56 Å². The zero-order valence-electron chi connectivity index (χ0n) is 10.8. The number of amides is 1. The first-order valence-corrected chi connectivity index (χ1v) is 6.27. The van der Waals surface area contributed by atoms with E-state index in [0.717, 1.165) is 0 Å². The minimum absolute atomic E-state index is 0.261. The number of benzene rings is 1. The second-order valence-electron chi connectivity index (χ2n) is 4.48. The summed E-state index contributed by atoms with van der Waals surface area (Å²) in [5.41, 5.74) is 0.344. The fourth-order valence-electron chi connectivity index (χ4n) is 2.23. The normalized spacial score (nSPS) is 17.6. The van der Waals surface area contributed by atoms with Gasteiger partial charge in [0.2, 0.25) is 0 Å². The van der Waals surface area contributed by atoms with Gasteiger partial charge in [-0.1, -0.05) is 12.1 Å². The molecule has 1 saturated heterocycles. The first-order valence-electron chi connectivity index (χ1n) is 6.27. The number of para-hydroxylation sites is 1. The Kier molecular flexibility index (Phi) is 4.20. The second kappa shape index (κ2) is 6.06. The molecule has 6 nitrogen and oxygen atoms in total. The van der Waals surface area contributed by atoms with Crippen molar-refractivity contribution in [3.05, 3.63) is 29.8 Å². The first-order chi connectivity index (χ1) is 9.63. The molecule has 1 aliphatic rings. The van der Waals surface area contributed by atoms with Gasteiger partial charge < -0.3 is 14.7 Å². The lowest BCUT2D eigenvalue weighted by molar-refractivity contribution is -0.148. The topological polar surface area (TPSA) is 90.6 Å². The molecule has 1 heterocycles. The van der Waals surface area contributed by atoms with Crippen molar-refractivity contribution in [1.29, 1.82) is 5.26 Å². The molecule has 1 amide bonds. The van der Waals surface area contributed by atoms with E-state index in [-0.39, 0.29) is 12.5 Å². The quantitative estimate of drug-likeness (QED) is 0.885. The number of carboxylic acids is 1. The summed E-state index contributed by atoms with van der Waals surface area (Å²) in [6, 6.07) is 7.81. The molecule has 0 unspecified atom stereocenters. The maximum atomic E-state index is 12.0. The molecule has 104 valence electrons. The van der Waals surface area contributed by atoms with Crippen molar-refractivity contribution < 1.29 is 19.4 Å². The Morgan fingerprint density at radius 2 is 2.20 bits per heavy atom. The van der Waals surface area contributed by atoms with Crippen LogP contribution < -0.4 is 4.74 Å². The number of ether oxygens (including phenoxy) is 1. The Morgan fingerprint density at radius 3 is 2.90 bits per heavy atom. The Morgan fingerprint density at radius 1 is 1.45 bits per heavy atom. The molecule has 1 aromatic rings. The van der Waals surface area contributed by atoms with E-state index in [2.05, 4.69) is 0 Å². The van der Waals surface area contributed by atoms with E-state index in [9.17, 15) is 9.59 Å². The number of nitrogens with zero attached hydrogens (tertiary/aromatic N) is 2. The van der Waals surface area contributed by atoms with Crippen LogP contribution in [0.25, 0.3) is 0 Å². The average Bonchev–Trinajstić information content (AvgIpc) is 2.94. The van der Waals surface area contributed by atoms with Crippen molar-refractivity contribution in [3.63, 3.8) is 0 Å². The van der Waals surface area contributed by atoms with Gasteiger partial charge in [-0.3, -0.25) is 4.79 Å². The molecule has 0 aliphatic carbocycles. The van der Waals surface area contributed by atoms with Crippen LogP contribution >= 0.6 is 0 Å². The van der Waals surface area contributed by atoms with Gasteiger partial charge in [-0.2, -0.15) is 5.26 Å². The Hall–Kier alpha value is -2.55. The van der Waals surface area contributed by atoms with Gasteiger partial charge in [-0.15, -0.1) is 0 Å². The van der Waals surface area contributed by atoms with E-state index in [1.807, 2.05) is 6.07 Å². The van der Waals surface area contributed by atoms with E-state index in [4.69, 9.17) is 15.1 Å². The minimum atomic E-state index is -0.992. The van der Waals surface area contributed by atoms with Gasteiger partial charge >= 0.3 is 5.97 Å². The molecule has 1 atom stereocenters. The van der Waals surface area contributed by atoms with Crippen LogP contribution in [0.2, 0.25) is 0 Å². The highest BCUT2D eigenvalue weighted by atomic mass is 16.5. The smallest absolute Gasteiger partial charge is 0.326 e. The number of aliphatic carboxylic acids is 1. The maximum Gasteiger partial charge on any atom is 0.326 e. The molecule has 0 spiro atoms. The van der Waals surface area contributed by atoms with E-state index in [1.165, 1.54) is 4.90 Å². The number of rotatable bonds is 4. The molecule has 0 radical (unpaired) electrons. The maximum absolute atomic E-state index is 12.0. The highest BCUT2D eigenvalue weighted by molar-refractivity contribution is 5.85. The molecule has 0 bridgehead atoms. The van der Waals surface area contributed by atoms with Gasteiger partial charge in [0.25, 0.3) is 5.91 Å². The number of hydrogen-bond donors (Lipinski definition) is 1. The van der Waals surface area contributed by atoms with E-state index >= 15 is 0 Å². The largest absolute Gasteiger partial charge is 0.482 e. The number of carbonyl (C=O) groups is 2. The number of carboxylic acid groups (broad SMARTS) is 1. The van der Waals surface area contributed by atoms with Crippen molar-refractivity contribution in [2.45, 2.75) is 18.9 Å². The molecule has 1 aromatic carbocycles. The van der Waals surface area contributed by atoms with Gasteiger partial charge in [-0.25, -0.2) is 4.79 Å². The highest BCUT2D eigenvalue weighted by Crippen LogP contribution is 2.19. The molecular weight excluding hydrogens is 260 g/mol. The Bertz CT molecular complexity index is 565. The summed E-state index contributed by atoms with van der Waals surface area (Å²) in [6.45, 7) is 0.168. The summed E-state index contributed by atoms with van der Waals surface area (Å²) in [4.78, 5) is 24.3. The van der Waals surface area contributed by atoms with Crippen LogP contribution in [0.1, 0.15) is 18.4 Å². The zero-order valence-corrected chi connectivity index (χ0v) is 10.8. The van der Waals surface area contributed by atoms with Crippen molar-refractivity contribution >= 4 is 11.9 Å². The van der Waals surface area contributed by atoms with Crippen molar-refractivity contribution in [2.24, 2.45) is 0 Å². The third-order valence-electron chi connectivity index (χ3n) is 3.22. The van der Waals surface area contributed by atoms with Crippen LogP contribution in [0, 0.1) is 11.3 Å². The highest BCUT2D eigenvalue weighted by Gasteiger charge is 2.33. The van der Waals surface area contributed by atoms with Crippen molar-refractivity contribution in [1.82, 2.24) is 4.90 Å². The lowest BCUT2D eigenvalue weighted by Crippen LogP contribution is -2.42. The van der Waals surface area contributed by atoms with E-state index < -0.39 is 12.0 Å². The summed E-state index contributed by atoms with van der Waals surface area (Å²) >= 11 is 0. The molecule has 1 fully saturated rings. The number of nitriles is 1. The van der Waals surface area contributed by atoms with Gasteiger partial charge in [-0.05, 0) is 25.0 Å². The summed E-state index contributed by atoms with van der Waals surface area (Å²) in [5, 5.41) is 17.9. The number of carbonyl (C=O) groups excluding carboxylic acids is 1. The molecular formula is C14H14N2O4. The zero-order chi connectivity index (χ0) is 14.5. The van der Waals surface area contributed by atoms with Crippen LogP contribution in [0.15, 0.2) is 24.3 Å². The lowest BCUT2D eigenvalue weighted by Gasteiger charge is -2.21. The summed E-state index contributed by atoms with van der Waals surface area (Å²) in [5.74, 6) is -1.04. The predicted octanol–water partition coefficient (Wildman–Crippen LogP) is 1.01. The van der Waals surface area contributed by atoms with Crippen LogP contribution in [-0.2, 0) is 9.59 Å². The number of hydrogen-bond acceptors (Lipinski definition) is 4. The molecule has 0 aromatic heterocycles. The van der Waals surface area contributed by atoms with E-state index in [0.29, 0.717) is 30.7 Å². The van der Waals surface area contributed by atoms with Crippen molar-refractivity contribution in [3.8, 4) is 11.8 Å². The second-order valence-corrected chi connectivity index (χ2v) is 4.48. The average molecular weight is 274 g/mol. The molecule has 2 rings (SSSR count). The monoisotopic (exact) mass is 274 g/mol. The first kappa shape index (κ1) is 13.9. The van der Waals surface area contributed by atoms with E-state index in [1.54, 1.807) is 24.3 Å². The standard InChI is InChI=1S/C14H14N2O4/c15-8-10-4-1-2-6-12(10)20-9-13(17)16-7-3-5-11(16)14(18)19/h1-2,4,6,11H,3,5,7,9H2,(H,18,19)/t11-/m1/s1. The van der Waals surface area contributed by atoms with Crippen LogP contribution in [0.5, 0.6) is 5.75 Å². The third kappa shape index (κ3) is 2.88. The molecule has 20 heavy (non-hydrogen) atoms. The summed E-state index contributed by atoms with van der Waals surface area (Å²) in [7, 11) is 0. The Balaban J connectivity index is 1.99. The van der Waals surface area contributed by atoms with Crippen LogP contribution in [0.3, 0.4) is 0 Å². The molecule has 1 aliphatic heterocycles. The SMILES string of the molecule is N#Cc1ccccc1OCC(=O)N1CCC[C@@H]1C(=O)O. The minimum Gasteiger partial charge on any atom is -0.482 e. The Labute approximate surface area is 116 Å². The van der Waals surface area contributed by atoms with Gasteiger partial charge in [0, 0.05) is 6.54 Å². The molecule has 0 saturated carbocycles. The molecule has 6 heteroatoms. The third-order valence-corrected chi connectivity index (χ3v) is 3.22. The summed E-state index contributed by atoms with van der Waals surface area (Å²) < 4.78 is 5.32. The fourth-order valence-corrected chi connectivity index (χ4v) is 2.23. The fraction of sp³-hybridized carbons (Fsp3) is 0.357. The van der Waals surface area contributed by atoms with Crippen LogP contribution in [-0.4, -0.2) is 41.1 Å². The van der Waals surface area contributed by atoms with Gasteiger partial charge in [0.1, 0.15) is 17.9 Å².